The van der Waals surface area contributed by atoms with Crippen LogP contribution in [0.15, 0.2) is 0 Å². The Morgan fingerprint density at radius 3 is 2.24 bits per heavy atom. The molecule has 0 radical (unpaired) electrons. The second-order valence-electron chi connectivity index (χ2n) is 4.34. The average Bonchev–Trinajstić information content (AvgIpc) is 2.27. The summed E-state index contributed by atoms with van der Waals surface area (Å²) in [5, 5.41) is 12.9. The number of carboxylic acids is 1. The number of hydrogen-bond donors (Lipinski definition) is 1. The van der Waals surface area contributed by atoms with Crippen molar-refractivity contribution < 1.29 is 14.7 Å². The molecule has 0 aliphatic carbocycles. The van der Waals surface area contributed by atoms with Gasteiger partial charge in [0, 0.05) is 18.9 Å². The van der Waals surface area contributed by atoms with E-state index in [2.05, 4.69) is 12.2 Å². The van der Waals surface area contributed by atoms with Crippen LogP contribution in [0.3, 0.4) is 0 Å². The fourth-order valence-electron chi connectivity index (χ4n) is 1.61. The minimum atomic E-state index is -1.09. The van der Waals surface area contributed by atoms with Gasteiger partial charge in [0.05, 0.1) is 0 Å². The van der Waals surface area contributed by atoms with Crippen LogP contribution in [-0.4, -0.2) is 18.4 Å². The summed E-state index contributed by atoms with van der Waals surface area (Å²) >= 11 is 0. The molecule has 0 heterocycles. The molecule has 0 rings (SSSR count). The van der Waals surface area contributed by atoms with Crippen LogP contribution in [-0.2, 0) is 9.59 Å². The van der Waals surface area contributed by atoms with Crippen molar-refractivity contribution in [3.05, 3.63) is 0 Å². The van der Waals surface area contributed by atoms with Crippen LogP contribution >= 0.6 is 0 Å². The van der Waals surface area contributed by atoms with Crippen LogP contribution in [0.4, 0.5) is 0 Å². The van der Waals surface area contributed by atoms with Crippen LogP contribution in [0, 0.1) is 0 Å². The topological polar surface area (TPSA) is 69.2 Å². The first-order valence-corrected chi connectivity index (χ1v) is 6.63. The molecule has 0 unspecified atom stereocenters. The van der Waals surface area contributed by atoms with Gasteiger partial charge >= 0.3 is 0 Å². The lowest BCUT2D eigenvalue weighted by Gasteiger charge is -2.05. The van der Waals surface area contributed by atoms with E-state index in [9.17, 15) is 14.7 Å². The van der Waals surface area contributed by atoms with Gasteiger partial charge < -0.3 is 15.2 Å². The second kappa shape index (κ2) is 11.4. The molecule has 0 aliphatic rings. The molecule has 0 atom stereocenters. The SMILES string of the molecule is CCCCCCCCNC(=O)CCCC(=O)[O-]. The normalized spacial score (nSPS) is 10.2. The van der Waals surface area contributed by atoms with Crippen molar-refractivity contribution in [2.45, 2.75) is 64.7 Å². The van der Waals surface area contributed by atoms with Crippen molar-refractivity contribution in [1.82, 2.24) is 5.32 Å². The zero-order chi connectivity index (χ0) is 12.9. The first kappa shape index (κ1) is 15.9. The summed E-state index contributed by atoms with van der Waals surface area (Å²) in [6.45, 7) is 2.89. The predicted octanol–water partition coefficient (Wildman–Crippen LogP) is 1.38. The van der Waals surface area contributed by atoms with Crippen LogP contribution in [0.1, 0.15) is 64.7 Å². The van der Waals surface area contributed by atoms with Gasteiger partial charge in [0.2, 0.25) is 5.91 Å². The van der Waals surface area contributed by atoms with Crippen molar-refractivity contribution in [3.63, 3.8) is 0 Å². The summed E-state index contributed by atoms with van der Waals surface area (Å²) in [5.74, 6) is -1.14. The molecule has 4 nitrogen and oxygen atoms in total. The van der Waals surface area contributed by atoms with Gasteiger partial charge in [0.1, 0.15) is 0 Å². The van der Waals surface area contributed by atoms with E-state index in [0.29, 0.717) is 13.0 Å². The summed E-state index contributed by atoms with van der Waals surface area (Å²) < 4.78 is 0. The number of carbonyl (C=O) groups is 2. The number of carboxylic acid groups (broad SMARTS) is 1. The van der Waals surface area contributed by atoms with Crippen LogP contribution in [0.2, 0.25) is 0 Å². The first-order chi connectivity index (χ1) is 8.16. The Hall–Kier alpha value is -1.06. The van der Waals surface area contributed by atoms with Gasteiger partial charge in [-0.25, -0.2) is 0 Å². The Balaban J connectivity index is 3.19. The Kier molecular flexibility index (Phi) is 10.7. The van der Waals surface area contributed by atoms with Crippen molar-refractivity contribution in [3.8, 4) is 0 Å². The summed E-state index contributed by atoms with van der Waals surface area (Å²) in [5.41, 5.74) is 0. The molecule has 0 aliphatic heterocycles. The van der Waals surface area contributed by atoms with Gasteiger partial charge in [-0.2, -0.15) is 0 Å². The molecule has 0 aromatic heterocycles. The Morgan fingerprint density at radius 1 is 0.941 bits per heavy atom. The Bertz CT molecular complexity index is 217. The van der Waals surface area contributed by atoms with Crippen molar-refractivity contribution >= 4 is 11.9 Å². The van der Waals surface area contributed by atoms with E-state index < -0.39 is 5.97 Å². The molecule has 1 N–H and O–H groups in total. The van der Waals surface area contributed by atoms with Gasteiger partial charge in [-0.3, -0.25) is 4.79 Å². The van der Waals surface area contributed by atoms with Crippen LogP contribution in [0.5, 0.6) is 0 Å². The molecule has 0 saturated heterocycles. The van der Waals surface area contributed by atoms with Crippen molar-refractivity contribution in [2.75, 3.05) is 6.54 Å². The maximum atomic E-state index is 11.2. The predicted molar refractivity (Wildman–Crippen MR) is 65.2 cm³/mol. The first-order valence-electron chi connectivity index (χ1n) is 6.63. The molecular weight excluding hydrogens is 218 g/mol. The fraction of sp³-hybridized carbons (Fsp3) is 0.846. The molecular formula is C13H24NO3-. The molecule has 0 aromatic rings. The lowest BCUT2D eigenvalue weighted by Crippen LogP contribution is -2.26. The Morgan fingerprint density at radius 2 is 1.59 bits per heavy atom. The lowest BCUT2D eigenvalue weighted by molar-refractivity contribution is -0.305. The second-order valence-corrected chi connectivity index (χ2v) is 4.34. The number of hydrogen-bond acceptors (Lipinski definition) is 3. The standard InChI is InChI=1S/C13H25NO3/c1-2-3-4-5-6-7-11-14-12(15)9-8-10-13(16)17/h2-11H2,1H3,(H,14,15)(H,16,17)/p-1. The number of amides is 1. The molecule has 0 fully saturated rings. The fourth-order valence-corrected chi connectivity index (χ4v) is 1.61. The number of unbranched alkanes of at least 4 members (excludes halogenated alkanes) is 5. The number of aliphatic carboxylic acids is 1. The monoisotopic (exact) mass is 242 g/mol. The van der Waals surface area contributed by atoms with Crippen molar-refractivity contribution in [1.29, 1.82) is 0 Å². The van der Waals surface area contributed by atoms with Gasteiger partial charge in [0.25, 0.3) is 0 Å². The average molecular weight is 242 g/mol. The number of nitrogens with one attached hydrogen (secondary N) is 1. The van der Waals surface area contributed by atoms with E-state index in [1.165, 1.54) is 25.7 Å². The number of carbonyl (C=O) groups excluding carboxylic acids is 2. The highest BCUT2D eigenvalue weighted by molar-refractivity contribution is 5.76. The van der Waals surface area contributed by atoms with E-state index in [1.54, 1.807) is 0 Å². The van der Waals surface area contributed by atoms with Crippen LogP contribution < -0.4 is 10.4 Å². The molecule has 17 heavy (non-hydrogen) atoms. The van der Waals surface area contributed by atoms with E-state index in [0.717, 1.165) is 12.8 Å². The van der Waals surface area contributed by atoms with Crippen LogP contribution in [0.25, 0.3) is 0 Å². The highest BCUT2D eigenvalue weighted by atomic mass is 16.4. The van der Waals surface area contributed by atoms with Gasteiger partial charge in [-0.05, 0) is 19.3 Å². The van der Waals surface area contributed by atoms with Gasteiger partial charge in [-0.1, -0.05) is 39.0 Å². The highest BCUT2D eigenvalue weighted by Crippen LogP contribution is 2.04. The summed E-state index contributed by atoms with van der Waals surface area (Å²) in [4.78, 5) is 21.4. The maximum Gasteiger partial charge on any atom is 0.220 e. The number of rotatable bonds is 11. The van der Waals surface area contributed by atoms with Gasteiger partial charge in [0.15, 0.2) is 0 Å². The maximum absolute atomic E-state index is 11.2. The zero-order valence-electron chi connectivity index (χ0n) is 10.8. The third kappa shape index (κ3) is 12.9. The molecule has 0 aromatic carbocycles. The van der Waals surface area contributed by atoms with E-state index in [-0.39, 0.29) is 18.7 Å². The largest absolute Gasteiger partial charge is 0.550 e. The van der Waals surface area contributed by atoms with E-state index in [1.807, 2.05) is 0 Å². The molecule has 0 bridgehead atoms. The molecule has 0 saturated carbocycles. The molecule has 0 spiro atoms. The third-order valence-corrected chi connectivity index (χ3v) is 2.64. The quantitative estimate of drug-likeness (QED) is 0.556. The smallest absolute Gasteiger partial charge is 0.220 e. The minimum Gasteiger partial charge on any atom is -0.550 e. The lowest BCUT2D eigenvalue weighted by atomic mass is 10.1. The zero-order valence-corrected chi connectivity index (χ0v) is 10.8. The van der Waals surface area contributed by atoms with Gasteiger partial charge in [-0.15, -0.1) is 0 Å². The molecule has 1 amide bonds. The van der Waals surface area contributed by atoms with Crippen molar-refractivity contribution in [2.24, 2.45) is 0 Å². The molecule has 4 heteroatoms. The van der Waals surface area contributed by atoms with E-state index in [4.69, 9.17) is 0 Å². The minimum absolute atomic E-state index is 0.0373. The highest BCUT2D eigenvalue weighted by Gasteiger charge is 2.00. The summed E-state index contributed by atoms with van der Waals surface area (Å²) in [7, 11) is 0. The molecule has 100 valence electrons. The summed E-state index contributed by atoms with van der Waals surface area (Å²) in [6, 6.07) is 0. The third-order valence-electron chi connectivity index (χ3n) is 2.64. The Labute approximate surface area is 104 Å². The summed E-state index contributed by atoms with van der Waals surface area (Å²) in [6.07, 6.45) is 7.81. The van der Waals surface area contributed by atoms with E-state index >= 15 is 0 Å².